The van der Waals surface area contributed by atoms with Crippen molar-refractivity contribution >= 4 is 10.8 Å². The second-order valence-electron chi connectivity index (χ2n) is 7.84. The predicted molar refractivity (Wildman–Crippen MR) is 105 cm³/mol. The van der Waals surface area contributed by atoms with E-state index < -0.39 is 0 Å². The third kappa shape index (κ3) is 2.87. The molecular weight excluding hydrogens is 302 g/mol. The molecule has 3 aromatic rings. The summed E-state index contributed by atoms with van der Waals surface area (Å²) in [6.45, 7) is 2.34. The van der Waals surface area contributed by atoms with Gasteiger partial charge in [0.05, 0.1) is 0 Å². The van der Waals surface area contributed by atoms with Crippen LogP contribution in [0.15, 0.2) is 66.7 Å². The summed E-state index contributed by atoms with van der Waals surface area (Å²) >= 11 is 0. The summed E-state index contributed by atoms with van der Waals surface area (Å²) in [5.41, 5.74) is 4.67. The van der Waals surface area contributed by atoms with Crippen molar-refractivity contribution in [1.29, 1.82) is 0 Å². The van der Waals surface area contributed by atoms with Gasteiger partial charge in [-0.2, -0.15) is 0 Å². The normalized spacial score (nSPS) is 23.2. The summed E-state index contributed by atoms with van der Waals surface area (Å²) in [4.78, 5) is 2.77. The van der Waals surface area contributed by atoms with Crippen LogP contribution in [0.2, 0.25) is 0 Å². The van der Waals surface area contributed by atoms with Crippen LogP contribution in [-0.4, -0.2) is 17.5 Å². The Hall–Kier alpha value is -2.12. The Balaban J connectivity index is 1.47. The SMILES string of the molecule is c1ccc2c(c1)C[C@H]1CC[C@H](C2)N(Cc2cccc3ccccc23)C1. The van der Waals surface area contributed by atoms with E-state index in [1.807, 2.05) is 0 Å². The molecule has 1 aliphatic carbocycles. The Morgan fingerprint density at radius 3 is 2.44 bits per heavy atom. The average molecular weight is 327 g/mol. The van der Waals surface area contributed by atoms with E-state index in [1.165, 1.54) is 48.6 Å². The van der Waals surface area contributed by atoms with Crippen LogP contribution in [-0.2, 0) is 19.4 Å². The highest BCUT2D eigenvalue weighted by Crippen LogP contribution is 2.33. The Bertz CT molecular complexity index is 892. The summed E-state index contributed by atoms with van der Waals surface area (Å²) in [5.74, 6) is 0.813. The van der Waals surface area contributed by atoms with Gasteiger partial charge in [0.25, 0.3) is 0 Å². The quantitative estimate of drug-likeness (QED) is 0.624. The molecule has 126 valence electrons. The number of hydrogen-bond donors (Lipinski definition) is 0. The minimum absolute atomic E-state index is 0.691. The number of hydrogen-bond acceptors (Lipinski definition) is 1. The van der Waals surface area contributed by atoms with Gasteiger partial charge in [-0.25, -0.2) is 0 Å². The molecule has 0 unspecified atom stereocenters. The maximum absolute atomic E-state index is 2.77. The molecule has 2 aliphatic heterocycles. The number of piperidine rings is 1. The van der Waals surface area contributed by atoms with Crippen LogP contribution in [0.5, 0.6) is 0 Å². The monoisotopic (exact) mass is 327 g/mol. The molecule has 25 heavy (non-hydrogen) atoms. The lowest BCUT2D eigenvalue weighted by Gasteiger charge is -2.42. The highest BCUT2D eigenvalue weighted by atomic mass is 15.2. The number of rotatable bonds is 2. The molecule has 0 radical (unpaired) electrons. The van der Waals surface area contributed by atoms with Crippen molar-refractivity contribution in [2.24, 2.45) is 5.92 Å². The van der Waals surface area contributed by atoms with E-state index in [-0.39, 0.29) is 0 Å². The molecule has 1 fully saturated rings. The summed E-state index contributed by atoms with van der Waals surface area (Å²) in [5, 5.41) is 2.78. The van der Waals surface area contributed by atoms with Crippen LogP contribution >= 0.6 is 0 Å². The fraction of sp³-hybridized carbons (Fsp3) is 0.333. The molecule has 2 bridgehead atoms. The van der Waals surface area contributed by atoms with Crippen molar-refractivity contribution in [2.45, 2.75) is 38.3 Å². The van der Waals surface area contributed by atoms with Crippen LogP contribution < -0.4 is 0 Å². The minimum Gasteiger partial charge on any atom is -0.295 e. The second kappa shape index (κ2) is 6.31. The van der Waals surface area contributed by atoms with Crippen molar-refractivity contribution in [1.82, 2.24) is 4.90 Å². The first kappa shape index (κ1) is 15.2. The standard InChI is InChI=1S/C24H25N/c1-2-8-21-15-23-13-12-18(14-20(21)7-1)16-25(23)17-22-10-5-9-19-6-3-4-11-24(19)22/h1-11,18,23H,12-17H2/t18-,23-/m1/s1. The third-order valence-electron chi connectivity index (χ3n) is 6.25. The van der Waals surface area contributed by atoms with Crippen LogP contribution in [0.4, 0.5) is 0 Å². The van der Waals surface area contributed by atoms with Gasteiger partial charge in [0.2, 0.25) is 0 Å². The first-order valence-corrected chi connectivity index (χ1v) is 9.64. The van der Waals surface area contributed by atoms with Crippen LogP contribution in [0.25, 0.3) is 10.8 Å². The maximum Gasteiger partial charge on any atom is 0.0243 e. The molecule has 2 atom stereocenters. The zero-order valence-electron chi connectivity index (χ0n) is 14.7. The van der Waals surface area contributed by atoms with Crippen LogP contribution in [0.3, 0.4) is 0 Å². The largest absolute Gasteiger partial charge is 0.295 e. The Morgan fingerprint density at radius 2 is 1.52 bits per heavy atom. The van der Waals surface area contributed by atoms with Crippen LogP contribution in [0.1, 0.15) is 29.5 Å². The van der Waals surface area contributed by atoms with Gasteiger partial charge in [0.1, 0.15) is 0 Å². The zero-order chi connectivity index (χ0) is 16.6. The maximum atomic E-state index is 2.77. The second-order valence-corrected chi connectivity index (χ2v) is 7.84. The van der Waals surface area contributed by atoms with E-state index in [9.17, 15) is 0 Å². The molecule has 2 heterocycles. The molecule has 1 saturated heterocycles. The highest BCUT2D eigenvalue weighted by Gasteiger charge is 2.31. The molecule has 0 saturated carbocycles. The predicted octanol–water partition coefficient (Wildman–Crippen LogP) is 5.22. The molecular formula is C24H25N. The topological polar surface area (TPSA) is 3.24 Å². The van der Waals surface area contributed by atoms with Crippen LogP contribution in [0, 0.1) is 5.92 Å². The Morgan fingerprint density at radius 1 is 0.760 bits per heavy atom. The summed E-state index contributed by atoms with van der Waals surface area (Å²) in [6, 6.07) is 25.4. The summed E-state index contributed by atoms with van der Waals surface area (Å²) in [6.07, 6.45) is 5.22. The van der Waals surface area contributed by atoms with Gasteiger partial charge >= 0.3 is 0 Å². The Labute approximate surface area is 150 Å². The van der Waals surface area contributed by atoms with Gasteiger partial charge in [0.15, 0.2) is 0 Å². The zero-order valence-corrected chi connectivity index (χ0v) is 14.7. The fourth-order valence-electron chi connectivity index (χ4n) is 4.94. The smallest absolute Gasteiger partial charge is 0.0243 e. The summed E-state index contributed by atoms with van der Waals surface area (Å²) in [7, 11) is 0. The van der Waals surface area contributed by atoms with Gasteiger partial charge in [-0.1, -0.05) is 66.7 Å². The number of nitrogens with zero attached hydrogens (tertiary/aromatic N) is 1. The van der Waals surface area contributed by atoms with Gasteiger partial charge in [-0.3, -0.25) is 4.90 Å². The van der Waals surface area contributed by atoms with Gasteiger partial charge < -0.3 is 0 Å². The van der Waals surface area contributed by atoms with E-state index >= 15 is 0 Å². The minimum atomic E-state index is 0.691. The van der Waals surface area contributed by atoms with Crippen molar-refractivity contribution < 1.29 is 0 Å². The molecule has 0 N–H and O–H groups in total. The van der Waals surface area contributed by atoms with E-state index in [2.05, 4.69) is 71.6 Å². The molecule has 1 heteroatoms. The van der Waals surface area contributed by atoms with Gasteiger partial charge in [0, 0.05) is 19.1 Å². The molecule has 1 nitrogen and oxygen atoms in total. The molecule has 0 aromatic heterocycles. The molecule has 3 aliphatic rings. The van der Waals surface area contributed by atoms with E-state index in [0.29, 0.717) is 6.04 Å². The molecule has 6 rings (SSSR count). The van der Waals surface area contributed by atoms with Crippen molar-refractivity contribution in [3.05, 3.63) is 83.4 Å². The molecule has 0 amide bonds. The highest BCUT2D eigenvalue weighted by molar-refractivity contribution is 5.85. The van der Waals surface area contributed by atoms with Gasteiger partial charge in [-0.05, 0) is 59.1 Å². The van der Waals surface area contributed by atoms with Gasteiger partial charge in [-0.15, -0.1) is 0 Å². The number of benzene rings is 3. The molecule has 0 spiro atoms. The van der Waals surface area contributed by atoms with Crippen molar-refractivity contribution in [3.63, 3.8) is 0 Å². The first-order valence-electron chi connectivity index (χ1n) is 9.64. The lowest BCUT2D eigenvalue weighted by Crippen LogP contribution is -2.46. The van der Waals surface area contributed by atoms with Crippen molar-refractivity contribution in [2.75, 3.05) is 6.54 Å². The Kier molecular flexibility index (Phi) is 3.83. The molecule has 3 aromatic carbocycles. The first-order chi connectivity index (χ1) is 12.4. The van der Waals surface area contributed by atoms with Crippen molar-refractivity contribution in [3.8, 4) is 0 Å². The van der Waals surface area contributed by atoms with E-state index in [4.69, 9.17) is 0 Å². The van der Waals surface area contributed by atoms with E-state index in [1.54, 1.807) is 11.1 Å². The fourth-order valence-corrected chi connectivity index (χ4v) is 4.94. The average Bonchev–Trinajstić information content (AvgIpc) is 2.63. The lowest BCUT2D eigenvalue weighted by molar-refractivity contribution is 0.0942. The van der Waals surface area contributed by atoms with E-state index in [0.717, 1.165) is 12.5 Å². The third-order valence-corrected chi connectivity index (χ3v) is 6.25. The summed E-state index contributed by atoms with van der Waals surface area (Å²) < 4.78 is 0. The number of fused-ring (bicyclic) bond motifs is 3. The lowest BCUT2D eigenvalue weighted by atomic mass is 9.80.